The van der Waals surface area contributed by atoms with Crippen LogP contribution in [0.15, 0.2) is 22.7 Å². The minimum Gasteiger partial charge on any atom is -0.468 e. The Morgan fingerprint density at radius 1 is 1.38 bits per heavy atom. The van der Waals surface area contributed by atoms with Crippen LogP contribution in [0.3, 0.4) is 0 Å². The van der Waals surface area contributed by atoms with Gasteiger partial charge in [0, 0.05) is 16.9 Å². The highest BCUT2D eigenvalue weighted by Crippen LogP contribution is 2.24. The van der Waals surface area contributed by atoms with Gasteiger partial charge < -0.3 is 9.47 Å². The smallest absolute Gasteiger partial charge is 0.188 e. The molecule has 72 valence electrons. The number of ether oxygens (including phenoxy) is 2. The van der Waals surface area contributed by atoms with Gasteiger partial charge in [-0.25, -0.2) is 0 Å². The molecular formula is C9H10Br2O2. The van der Waals surface area contributed by atoms with Gasteiger partial charge in [0.25, 0.3) is 0 Å². The number of hydrogen-bond donors (Lipinski definition) is 0. The van der Waals surface area contributed by atoms with Crippen molar-refractivity contribution in [3.05, 3.63) is 28.2 Å². The van der Waals surface area contributed by atoms with E-state index in [-0.39, 0.29) is 6.79 Å². The molecule has 0 bridgehead atoms. The molecule has 0 aliphatic rings. The van der Waals surface area contributed by atoms with Crippen LogP contribution in [0.1, 0.15) is 5.56 Å². The largest absolute Gasteiger partial charge is 0.468 e. The summed E-state index contributed by atoms with van der Waals surface area (Å²) in [6, 6.07) is 5.83. The van der Waals surface area contributed by atoms with Gasteiger partial charge >= 0.3 is 0 Å². The van der Waals surface area contributed by atoms with E-state index in [0.717, 1.165) is 21.1 Å². The first-order valence-electron chi connectivity index (χ1n) is 3.74. The molecule has 0 saturated carbocycles. The maximum atomic E-state index is 5.29. The lowest BCUT2D eigenvalue weighted by molar-refractivity contribution is 0.0511. The molecule has 0 unspecified atom stereocenters. The molecule has 0 fully saturated rings. The van der Waals surface area contributed by atoms with Gasteiger partial charge in [-0.05, 0) is 23.8 Å². The molecule has 0 aromatic heterocycles. The van der Waals surface area contributed by atoms with Gasteiger partial charge in [0.1, 0.15) is 5.75 Å². The number of rotatable bonds is 4. The Morgan fingerprint density at radius 3 is 2.77 bits per heavy atom. The van der Waals surface area contributed by atoms with Gasteiger partial charge in [0.05, 0.1) is 0 Å². The van der Waals surface area contributed by atoms with Crippen LogP contribution >= 0.6 is 31.9 Å². The van der Waals surface area contributed by atoms with E-state index in [1.807, 2.05) is 18.2 Å². The highest BCUT2D eigenvalue weighted by molar-refractivity contribution is 9.10. The number of alkyl halides is 1. The Kier molecular flexibility index (Phi) is 4.77. The average molecular weight is 310 g/mol. The summed E-state index contributed by atoms with van der Waals surface area (Å²) in [6.45, 7) is 0.281. The molecule has 1 aromatic carbocycles. The predicted octanol–water partition coefficient (Wildman–Crippen LogP) is 3.33. The molecule has 0 N–H and O–H groups in total. The second kappa shape index (κ2) is 5.62. The highest BCUT2D eigenvalue weighted by atomic mass is 79.9. The fourth-order valence-electron chi connectivity index (χ4n) is 0.870. The van der Waals surface area contributed by atoms with Crippen molar-refractivity contribution in [3.8, 4) is 5.75 Å². The Balaban J connectivity index is 2.74. The van der Waals surface area contributed by atoms with Crippen LogP contribution in [0.25, 0.3) is 0 Å². The van der Waals surface area contributed by atoms with Gasteiger partial charge in [-0.15, -0.1) is 0 Å². The second-order valence-electron chi connectivity index (χ2n) is 2.44. The molecule has 0 heterocycles. The van der Waals surface area contributed by atoms with E-state index in [1.54, 1.807) is 7.11 Å². The van der Waals surface area contributed by atoms with Crippen molar-refractivity contribution in [2.24, 2.45) is 0 Å². The van der Waals surface area contributed by atoms with Gasteiger partial charge in [0.15, 0.2) is 6.79 Å². The molecule has 1 rings (SSSR count). The van der Waals surface area contributed by atoms with Crippen molar-refractivity contribution in [2.75, 3.05) is 13.9 Å². The molecule has 0 aliphatic carbocycles. The third kappa shape index (κ3) is 3.29. The normalized spacial score (nSPS) is 10.1. The van der Waals surface area contributed by atoms with E-state index < -0.39 is 0 Å². The zero-order chi connectivity index (χ0) is 9.68. The van der Waals surface area contributed by atoms with E-state index in [1.165, 1.54) is 0 Å². The predicted molar refractivity (Wildman–Crippen MR) is 59.3 cm³/mol. The average Bonchev–Trinajstić information content (AvgIpc) is 2.16. The Bertz CT molecular complexity index is 276. The minimum atomic E-state index is 0.281. The molecule has 13 heavy (non-hydrogen) atoms. The van der Waals surface area contributed by atoms with Crippen molar-refractivity contribution < 1.29 is 9.47 Å². The number of methoxy groups -OCH3 is 1. The van der Waals surface area contributed by atoms with Gasteiger partial charge in [-0.2, -0.15) is 0 Å². The lowest BCUT2D eigenvalue weighted by Gasteiger charge is -2.06. The number of halogens is 2. The Labute approximate surface area is 94.5 Å². The molecule has 0 radical (unpaired) electrons. The fourth-order valence-corrected chi connectivity index (χ4v) is 2.10. The lowest BCUT2D eigenvalue weighted by atomic mass is 10.2. The number of hydrogen-bond acceptors (Lipinski definition) is 2. The van der Waals surface area contributed by atoms with E-state index in [0.29, 0.717) is 0 Å². The summed E-state index contributed by atoms with van der Waals surface area (Å²) < 4.78 is 11.2. The molecule has 0 amide bonds. The monoisotopic (exact) mass is 308 g/mol. The van der Waals surface area contributed by atoms with Crippen LogP contribution in [-0.2, 0) is 10.1 Å². The first-order chi connectivity index (χ1) is 6.27. The van der Waals surface area contributed by atoms with Gasteiger partial charge in [0.2, 0.25) is 0 Å². The van der Waals surface area contributed by atoms with E-state index in [4.69, 9.17) is 9.47 Å². The van der Waals surface area contributed by atoms with Crippen LogP contribution in [-0.4, -0.2) is 13.9 Å². The van der Waals surface area contributed by atoms with E-state index in [2.05, 4.69) is 31.9 Å². The van der Waals surface area contributed by atoms with Crippen LogP contribution in [0.5, 0.6) is 5.75 Å². The lowest BCUT2D eigenvalue weighted by Crippen LogP contribution is -1.99. The SMILES string of the molecule is COCOc1ccc(Br)c(CBr)c1. The van der Waals surface area contributed by atoms with Gasteiger partial charge in [-0.1, -0.05) is 31.9 Å². The summed E-state index contributed by atoms with van der Waals surface area (Å²) in [5.41, 5.74) is 1.16. The zero-order valence-corrected chi connectivity index (χ0v) is 10.4. The summed E-state index contributed by atoms with van der Waals surface area (Å²) in [7, 11) is 1.60. The fraction of sp³-hybridized carbons (Fsp3) is 0.333. The van der Waals surface area contributed by atoms with Crippen LogP contribution in [0, 0.1) is 0 Å². The topological polar surface area (TPSA) is 18.5 Å². The molecule has 2 nitrogen and oxygen atoms in total. The first kappa shape index (κ1) is 11.0. The van der Waals surface area contributed by atoms with Crippen LogP contribution in [0.2, 0.25) is 0 Å². The summed E-state index contributed by atoms with van der Waals surface area (Å²) in [4.78, 5) is 0. The van der Waals surface area contributed by atoms with Crippen molar-refractivity contribution >= 4 is 31.9 Å². The standard InChI is InChI=1S/C9H10Br2O2/c1-12-6-13-8-2-3-9(11)7(4-8)5-10/h2-4H,5-6H2,1H3. The zero-order valence-electron chi connectivity index (χ0n) is 7.22. The molecule has 0 spiro atoms. The van der Waals surface area contributed by atoms with Crippen molar-refractivity contribution in [1.82, 2.24) is 0 Å². The second-order valence-corrected chi connectivity index (χ2v) is 3.85. The minimum absolute atomic E-state index is 0.281. The Hall–Kier alpha value is -0.0600. The molecule has 0 atom stereocenters. The van der Waals surface area contributed by atoms with Crippen LogP contribution < -0.4 is 4.74 Å². The molecule has 0 aliphatic heterocycles. The summed E-state index contributed by atoms with van der Waals surface area (Å²) in [5.74, 6) is 0.819. The molecule has 4 heteroatoms. The van der Waals surface area contributed by atoms with Gasteiger partial charge in [-0.3, -0.25) is 0 Å². The highest BCUT2D eigenvalue weighted by Gasteiger charge is 2.00. The summed E-state index contributed by atoms with van der Waals surface area (Å²) in [5, 5.41) is 0.803. The van der Waals surface area contributed by atoms with E-state index >= 15 is 0 Å². The molecule has 0 saturated heterocycles. The third-order valence-electron chi connectivity index (χ3n) is 1.50. The number of benzene rings is 1. The van der Waals surface area contributed by atoms with Crippen molar-refractivity contribution in [2.45, 2.75) is 5.33 Å². The maximum Gasteiger partial charge on any atom is 0.188 e. The third-order valence-corrected chi connectivity index (χ3v) is 2.88. The molecule has 1 aromatic rings. The van der Waals surface area contributed by atoms with Crippen LogP contribution in [0.4, 0.5) is 0 Å². The van der Waals surface area contributed by atoms with Crippen molar-refractivity contribution in [3.63, 3.8) is 0 Å². The van der Waals surface area contributed by atoms with Crippen molar-refractivity contribution in [1.29, 1.82) is 0 Å². The molecular weight excluding hydrogens is 300 g/mol. The summed E-state index contributed by atoms with van der Waals surface area (Å²) in [6.07, 6.45) is 0. The maximum absolute atomic E-state index is 5.29. The van der Waals surface area contributed by atoms with E-state index in [9.17, 15) is 0 Å². The Morgan fingerprint density at radius 2 is 2.15 bits per heavy atom. The quantitative estimate of drug-likeness (QED) is 0.627. The first-order valence-corrected chi connectivity index (χ1v) is 5.65. The summed E-state index contributed by atoms with van der Waals surface area (Å²) >= 11 is 6.84.